The van der Waals surface area contributed by atoms with Gasteiger partial charge in [0.2, 0.25) is 5.91 Å². The number of hydrogen-bond donors (Lipinski definition) is 3. The minimum atomic E-state index is -0.0908. The number of nitrogens with zero attached hydrogens (tertiary/aromatic N) is 4. The number of amides is 1. The fraction of sp³-hybridized carbons (Fsp3) is 0.250. The van der Waals surface area contributed by atoms with Crippen molar-refractivity contribution in [1.82, 2.24) is 14.9 Å². The summed E-state index contributed by atoms with van der Waals surface area (Å²) in [6.07, 6.45) is 0.115. The van der Waals surface area contributed by atoms with E-state index in [2.05, 4.69) is 15.4 Å². The third-order valence-corrected chi connectivity index (χ3v) is 4.58. The maximum absolute atomic E-state index is 12.0. The van der Waals surface area contributed by atoms with Crippen LogP contribution in [0.2, 0.25) is 0 Å². The van der Waals surface area contributed by atoms with Gasteiger partial charge in [0, 0.05) is 43.5 Å². The van der Waals surface area contributed by atoms with E-state index < -0.39 is 0 Å². The molecule has 0 aliphatic heterocycles. The number of aryl methyl sites for hydroxylation is 1. The Morgan fingerprint density at radius 3 is 2.43 bits per heavy atom. The first kappa shape index (κ1) is 19.4. The molecule has 146 valence electrons. The van der Waals surface area contributed by atoms with E-state index in [1.54, 1.807) is 39.2 Å². The third-order valence-electron chi connectivity index (χ3n) is 4.58. The summed E-state index contributed by atoms with van der Waals surface area (Å²) in [5, 5.41) is 20.2. The predicted octanol–water partition coefficient (Wildman–Crippen LogP) is 2.84. The number of aromatic nitrogens is 2. The van der Waals surface area contributed by atoms with Gasteiger partial charge in [0.25, 0.3) is 0 Å². The van der Waals surface area contributed by atoms with Crippen LogP contribution in [0, 0.1) is 6.92 Å². The number of nitrogens with one attached hydrogen (secondary N) is 1. The second kappa shape index (κ2) is 7.69. The molecule has 3 N–H and O–H groups in total. The van der Waals surface area contributed by atoms with Crippen LogP contribution in [0.3, 0.4) is 0 Å². The number of phenols is 1. The second-order valence-corrected chi connectivity index (χ2v) is 6.77. The lowest BCUT2D eigenvalue weighted by Gasteiger charge is -2.21. The van der Waals surface area contributed by atoms with Gasteiger partial charge in [-0.2, -0.15) is 0 Å². The van der Waals surface area contributed by atoms with Crippen LogP contribution in [0.4, 0.5) is 17.2 Å². The summed E-state index contributed by atoms with van der Waals surface area (Å²) in [4.78, 5) is 24.0. The molecule has 1 aromatic heterocycles. The molecule has 0 radical (unpaired) electrons. The average Bonchev–Trinajstić information content (AvgIpc) is 2.67. The van der Waals surface area contributed by atoms with Gasteiger partial charge in [-0.15, -0.1) is 0 Å². The van der Waals surface area contributed by atoms with Crippen LogP contribution >= 0.6 is 0 Å². The Morgan fingerprint density at radius 2 is 1.75 bits per heavy atom. The van der Waals surface area contributed by atoms with Crippen molar-refractivity contribution in [2.45, 2.75) is 13.3 Å². The van der Waals surface area contributed by atoms with Gasteiger partial charge < -0.3 is 14.9 Å². The molecule has 0 atom stereocenters. The van der Waals surface area contributed by atoms with E-state index in [0.29, 0.717) is 28.1 Å². The van der Waals surface area contributed by atoms with Crippen LogP contribution in [0.5, 0.6) is 5.75 Å². The number of likely N-dealkylation sites (N-methyl/N-ethyl adjacent to an activating group) is 1. The van der Waals surface area contributed by atoms with Crippen LogP contribution in [0.1, 0.15) is 11.4 Å². The van der Waals surface area contributed by atoms with Crippen molar-refractivity contribution in [1.29, 1.82) is 0 Å². The summed E-state index contributed by atoms with van der Waals surface area (Å²) < 4.78 is 0. The molecule has 0 spiro atoms. The first-order chi connectivity index (χ1) is 13.3. The standard InChI is InChI=1S/C20H23N5O3/c1-12-21-17-7-5-15(11-16(17)20(22-12)23-28)25(4)14-6-8-18(26)13(9-14)10-19(27)24(2)3/h5-9,11,26,28H,10H2,1-4H3,(H,21,22,23). The highest BCUT2D eigenvalue weighted by atomic mass is 16.5. The summed E-state index contributed by atoms with van der Waals surface area (Å²) in [5.41, 5.74) is 5.04. The lowest BCUT2D eigenvalue weighted by molar-refractivity contribution is -0.127. The number of hydrogen-bond acceptors (Lipinski definition) is 7. The zero-order chi connectivity index (χ0) is 20.4. The molecule has 0 aliphatic carbocycles. The molecule has 8 nitrogen and oxygen atoms in total. The van der Waals surface area contributed by atoms with Crippen molar-refractivity contribution in [2.24, 2.45) is 0 Å². The van der Waals surface area contributed by atoms with Crippen molar-refractivity contribution in [2.75, 3.05) is 31.5 Å². The highest BCUT2D eigenvalue weighted by Gasteiger charge is 2.14. The number of aromatic hydroxyl groups is 1. The smallest absolute Gasteiger partial charge is 0.226 e. The molecule has 1 amide bonds. The number of carbonyl (C=O) groups excluding carboxylic acids is 1. The second-order valence-electron chi connectivity index (χ2n) is 6.77. The van der Waals surface area contributed by atoms with Crippen molar-refractivity contribution < 1.29 is 15.1 Å². The van der Waals surface area contributed by atoms with Crippen LogP contribution in [-0.4, -0.2) is 52.2 Å². The van der Waals surface area contributed by atoms with E-state index >= 15 is 0 Å². The Morgan fingerprint density at radius 1 is 1.07 bits per heavy atom. The largest absolute Gasteiger partial charge is 0.508 e. The predicted molar refractivity (Wildman–Crippen MR) is 108 cm³/mol. The summed E-state index contributed by atoms with van der Waals surface area (Å²) in [6, 6.07) is 10.8. The van der Waals surface area contributed by atoms with Gasteiger partial charge in [-0.3, -0.25) is 15.5 Å². The molecule has 28 heavy (non-hydrogen) atoms. The van der Waals surface area contributed by atoms with Crippen LogP contribution < -0.4 is 10.4 Å². The topological polar surface area (TPSA) is 102 Å². The molecule has 0 bridgehead atoms. The van der Waals surface area contributed by atoms with Gasteiger partial charge in [-0.1, -0.05) is 0 Å². The normalized spacial score (nSPS) is 10.8. The van der Waals surface area contributed by atoms with Crippen molar-refractivity contribution in [3.8, 4) is 5.75 Å². The molecule has 1 heterocycles. The molecule has 0 aliphatic rings. The molecule has 8 heteroatoms. The van der Waals surface area contributed by atoms with Gasteiger partial charge in [0.15, 0.2) is 5.82 Å². The number of fused-ring (bicyclic) bond motifs is 1. The van der Waals surface area contributed by atoms with Crippen LogP contribution in [-0.2, 0) is 11.2 Å². The molecular weight excluding hydrogens is 358 g/mol. The quantitative estimate of drug-likeness (QED) is 0.584. The van der Waals surface area contributed by atoms with E-state index in [4.69, 9.17) is 0 Å². The van der Waals surface area contributed by atoms with Gasteiger partial charge >= 0.3 is 0 Å². The lowest BCUT2D eigenvalue weighted by Crippen LogP contribution is -2.23. The maximum atomic E-state index is 12.0. The summed E-state index contributed by atoms with van der Waals surface area (Å²) >= 11 is 0. The van der Waals surface area contributed by atoms with E-state index in [1.165, 1.54) is 4.90 Å². The Balaban J connectivity index is 1.98. The van der Waals surface area contributed by atoms with Gasteiger partial charge in [-0.25, -0.2) is 9.97 Å². The molecule has 2 aromatic carbocycles. The summed E-state index contributed by atoms with van der Waals surface area (Å²) in [6.45, 7) is 1.76. The number of phenolic OH excluding ortho intramolecular Hbond substituents is 1. The maximum Gasteiger partial charge on any atom is 0.226 e. The minimum Gasteiger partial charge on any atom is -0.508 e. The zero-order valence-corrected chi connectivity index (χ0v) is 16.3. The van der Waals surface area contributed by atoms with Crippen molar-refractivity contribution >= 4 is 34.0 Å². The van der Waals surface area contributed by atoms with Gasteiger partial charge in [-0.05, 0) is 43.3 Å². The summed E-state index contributed by atoms with van der Waals surface area (Å²) in [7, 11) is 5.24. The molecule has 0 unspecified atom stereocenters. The fourth-order valence-corrected chi connectivity index (χ4v) is 2.92. The third kappa shape index (κ3) is 3.81. The van der Waals surface area contributed by atoms with E-state index in [0.717, 1.165) is 11.4 Å². The minimum absolute atomic E-state index is 0.0847. The highest BCUT2D eigenvalue weighted by molar-refractivity contribution is 5.92. The number of carbonyl (C=O) groups is 1. The van der Waals surface area contributed by atoms with Gasteiger partial charge in [0.1, 0.15) is 11.6 Å². The molecule has 0 saturated heterocycles. The zero-order valence-electron chi connectivity index (χ0n) is 16.3. The summed E-state index contributed by atoms with van der Waals surface area (Å²) in [5.74, 6) is 0.883. The number of anilines is 3. The number of rotatable bonds is 5. The van der Waals surface area contributed by atoms with E-state index in [1.807, 2.05) is 30.1 Å². The Labute approximate surface area is 163 Å². The Kier molecular flexibility index (Phi) is 5.32. The monoisotopic (exact) mass is 381 g/mol. The molecule has 0 fully saturated rings. The van der Waals surface area contributed by atoms with Crippen molar-refractivity contribution in [3.63, 3.8) is 0 Å². The van der Waals surface area contributed by atoms with Crippen molar-refractivity contribution in [3.05, 3.63) is 47.8 Å². The van der Waals surface area contributed by atoms with E-state index in [9.17, 15) is 15.1 Å². The average molecular weight is 381 g/mol. The molecule has 3 rings (SSSR count). The van der Waals surface area contributed by atoms with Gasteiger partial charge in [0.05, 0.1) is 11.9 Å². The molecule has 0 saturated carbocycles. The molecule has 3 aromatic rings. The first-order valence-electron chi connectivity index (χ1n) is 8.74. The Bertz CT molecular complexity index is 1040. The fourth-order valence-electron chi connectivity index (χ4n) is 2.92. The number of benzene rings is 2. The first-order valence-corrected chi connectivity index (χ1v) is 8.74. The molecular formula is C20H23N5O3. The van der Waals surface area contributed by atoms with Crippen LogP contribution in [0.25, 0.3) is 10.9 Å². The highest BCUT2D eigenvalue weighted by Crippen LogP contribution is 2.31. The Hall–Kier alpha value is -3.39. The lowest BCUT2D eigenvalue weighted by atomic mass is 10.1. The van der Waals surface area contributed by atoms with E-state index in [-0.39, 0.29) is 18.1 Å². The van der Waals surface area contributed by atoms with Crippen LogP contribution in [0.15, 0.2) is 36.4 Å². The SMILES string of the molecule is Cc1nc(NO)c2cc(N(C)c3ccc(O)c(CC(=O)N(C)C)c3)ccc2n1.